The van der Waals surface area contributed by atoms with Crippen LogP contribution in [0.2, 0.25) is 13.6 Å². The van der Waals surface area contributed by atoms with Crippen LogP contribution in [0.3, 0.4) is 0 Å². The number of carbonyl (C=O) groups is 1. The van der Waals surface area contributed by atoms with Crippen LogP contribution in [0.25, 0.3) is 0 Å². The van der Waals surface area contributed by atoms with Crippen molar-refractivity contribution in [1.82, 2.24) is 15.4 Å². The van der Waals surface area contributed by atoms with Gasteiger partial charge in [0.1, 0.15) is 0 Å². The first-order valence-electron chi connectivity index (χ1n) is 5.55. The maximum Gasteiger partial charge on any atom is 0.376 e. The molecule has 4 N–H and O–H groups in total. The summed E-state index contributed by atoms with van der Waals surface area (Å²) in [5.74, 6) is 1.49. The molecule has 0 aliphatic heterocycles. The minimum Gasteiger partial charge on any atom is -0.437 e. The molecule has 0 saturated carbocycles. The second kappa shape index (κ2) is 9.07. The Hall–Kier alpha value is -1.00. The van der Waals surface area contributed by atoms with E-state index in [1.54, 1.807) is 18.5 Å². The lowest BCUT2D eigenvalue weighted by Gasteiger charge is -2.23. The Morgan fingerprint density at radius 1 is 1.35 bits per heavy atom. The topological polar surface area (TPSA) is 84.8 Å². The van der Waals surface area contributed by atoms with E-state index in [4.69, 9.17) is 11.4 Å². The van der Waals surface area contributed by atoms with Crippen LogP contribution >= 0.6 is 0 Å². The standard InChI is InChI=1S/C9H19B2N3O3/c1-4-9(15)12-5-7-14(11(3)17)8-6-13-10(2)16/h1,13,16-17H,5-8H2,2-3H3,(H,12,15). The number of hydrogen-bond acceptors (Lipinski definition) is 5. The Balaban J connectivity index is 3.83. The molecular weight excluding hydrogens is 220 g/mol. The predicted molar refractivity (Wildman–Crippen MR) is 69.1 cm³/mol. The number of amides is 1. The van der Waals surface area contributed by atoms with Crippen LogP contribution in [-0.2, 0) is 4.79 Å². The smallest absolute Gasteiger partial charge is 0.376 e. The largest absolute Gasteiger partial charge is 0.437 e. The Labute approximate surface area is 103 Å². The zero-order chi connectivity index (χ0) is 13.3. The van der Waals surface area contributed by atoms with Crippen LogP contribution in [0.5, 0.6) is 0 Å². The predicted octanol–water partition coefficient (Wildman–Crippen LogP) is -2.15. The highest BCUT2D eigenvalue weighted by Gasteiger charge is 2.15. The van der Waals surface area contributed by atoms with Crippen LogP contribution in [0.1, 0.15) is 0 Å². The second-order valence-electron chi connectivity index (χ2n) is 3.70. The van der Waals surface area contributed by atoms with Crippen molar-refractivity contribution >= 4 is 20.0 Å². The zero-order valence-corrected chi connectivity index (χ0v) is 10.3. The Morgan fingerprint density at radius 2 is 1.94 bits per heavy atom. The summed E-state index contributed by atoms with van der Waals surface area (Å²) in [6, 6.07) is 0. The van der Waals surface area contributed by atoms with Crippen molar-refractivity contribution in [3.8, 4) is 12.3 Å². The number of nitrogens with one attached hydrogen (secondary N) is 2. The van der Waals surface area contributed by atoms with E-state index in [0.717, 1.165) is 0 Å². The maximum atomic E-state index is 10.8. The average molecular weight is 239 g/mol. The Bertz CT molecular complexity index is 269. The molecule has 1 amide bonds. The quantitative estimate of drug-likeness (QED) is 0.286. The van der Waals surface area contributed by atoms with Crippen molar-refractivity contribution in [1.29, 1.82) is 0 Å². The van der Waals surface area contributed by atoms with E-state index in [1.165, 1.54) is 0 Å². The molecular formula is C9H19B2N3O3. The molecule has 0 unspecified atom stereocenters. The van der Waals surface area contributed by atoms with Crippen molar-refractivity contribution in [3.63, 3.8) is 0 Å². The average Bonchev–Trinajstić information content (AvgIpc) is 2.25. The van der Waals surface area contributed by atoms with Crippen molar-refractivity contribution in [3.05, 3.63) is 0 Å². The van der Waals surface area contributed by atoms with Gasteiger partial charge in [0, 0.05) is 19.6 Å². The molecule has 0 bridgehead atoms. The molecule has 0 spiro atoms. The zero-order valence-electron chi connectivity index (χ0n) is 10.3. The summed E-state index contributed by atoms with van der Waals surface area (Å²) in [5.41, 5.74) is 0. The van der Waals surface area contributed by atoms with E-state index in [2.05, 4.69) is 10.5 Å². The number of nitrogens with zero attached hydrogens (tertiary/aromatic N) is 1. The lowest BCUT2D eigenvalue weighted by Crippen LogP contribution is -2.46. The van der Waals surface area contributed by atoms with Gasteiger partial charge in [0.25, 0.3) is 5.91 Å². The van der Waals surface area contributed by atoms with Crippen molar-refractivity contribution in [2.24, 2.45) is 0 Å². The molecule has 0 aliphatic carbocycles. The second-order valence-corrected chi connectivity index (χ2v) is 3.70. The number of rotatable bonds is 8. The summed E-state index contributed by atoms with van der Waals surface area (Å²) in [7, 11) is -1.19. The third-order valence-electron chi connectivity index (χ3n) is 2.18. The Morgan fingerprint density at radius 3 is 2.41 bits per heavy atom. The molecule has 0 radical (unpaired) electrons. The van der Waals surface area contributed by atoms with E-state index in [1.807, 2.05) is 5.92 Å². The highest BCUT2D eigenvalue weighted by atomic mass is 16.2. The molecule has 6 nitrogen and oxygen atoms in total. The Kier molecular flexibility index (Phi) is 8.54. The first kappa shape index (κ1) is 16.0. The van der Waals surface area contributed by atoms with Crippen molar-refractivity contribution in [2.75, 3.05) is 26.2 Å². The molecule has 0 atom stereocenters. The van der Waals surface area contributed by atoms with Crippen LogP contribution in [0.15, 0.2) is 0 Å². The van der Waals surface area contributed by atoms with Crippen LogP contribution in [-0.4, -0.2) is 61.0 Å². The minimum atomic E-state index is -0.617. The van der Waals surface area contributed by atoms with E-state index >= 15 is 0 Å². The monoisotopic (exact) mass is 239 g/mol. The number of terminal acetylenes is 1. The molecule has 0 rings (SSSR count). The molecule has 17 heavy (non-hydrogen) atoms. The lowest BCUT2D eigenvalue weighted by molar-refractivity contribution is -0.115. The van der Waals surface area contributed by atoms with Gasteiger partial charge in [0.05, 0.1) is 0 Å². The summed E-state index contributed by atoms with van der Waals surface area (Å²) in [6.45, 7) is 5.25. The highest BCUT2D eigenvalue weighted by molar-refractivity contribution is 6.46. The van der Waals surface area contributed by atoms with Gasteiger partial charge in [-0.2, -0.15) is 0 Å². The van der Waals surface area contributed by atoms with Crippen molar-refractivity contribution < 1.29 is 14.8 Å². The summed E-state index contributed by atoms with van der Waals surface area (Å²) in [6.07, 6.45) is 4.90. The fourth-order valence-corrected chi connectivity index (χ4v) is 1.27. The third kappa shape index (κ3) is 8.77. The van der Waals surface area contributed by atoms with Gasteiger partial charge in [0.15, 0.2) is 0 Å². The van der Waals surface area contributed by atoms with E-state index in [-0.39, 0.29) is 0 Å². The maximum absolute atomic E-state index is 10.8. The van der Waals surface area contributed by atoms with Crippen molar-refractivity contribution in [2.45, 2.75) is 13.6 Å². The van der Waals surface area contributed by atoms with Crippen LogP contribution in [0.4, 0.5) is 0 Å². The summed E-state index contributed by atoms with van der Waals surface area (Å²) < 4.78 is 0. The minimum absolute atomic E-state index is 0.378. The van der Waals surface area contributed by atoms with Gasteiger partial charge in [-0.05, 0) is 26.1 Å². The third-order valence-corrected chi connectivity index (χ3v) is 2.18. The first-order valence-corrected chi connectivity index (χ1v) is 5.55. The molecule has 0 fully saturated rings. The summed E-state index contributed by atoms with van der Waals surface area (Å²) >= 11 is 0. The van der Waals surface area contributed by atoms with Crippen LogP contribution in [0, 0.1) is 12.3 Å². The van der Waals surface area contributed by atoms with Gasteiger partial charge < -0.3 is 25.4 Å². The van der Waals surface area contributed by atoms with Gasteiger partial charge in [0.2, 0.25) is 0 Å². The van der Waals surface area contributed by atoms with Crippen LogP contribution < -0.4 is 10.5 Å². The summed E-state index contributed by atoms with van der Waals surface area (Å²) in [4.78, 5) is 12.5. The molecule has 0 aromatic rings. The van der Waals surface area contributed by atoms with Gasteiger partial charge >= 0.3 is 14.1 Å². The molecule has 0 aromatic carbocycles. The van der Waals surface area contributed by atoms with Gasteiger partial charge in [-0.25, -0.2) is 0 Å². The van der Waals surface area contributed by atoms with Gasteiger partial charge in [-0.15, -0.1) is 6.42 Å². The number of carbonyl (C=O) groups excluding carboxylic acids is 1. The summed E-state index contributed by atoms with van der Waals surface area (Å²) in [5, 5.41) is 23.8. The highest BCUT2D eigenvalue weighted by Crippen LogP contribution is 1.90. The van der Waals surface area contributed by atoms with E-state index in [9.17, 15) is 9.82 Å². The fraction of sp³-hybridized carbons (Fsp3) is 0.667. The van der Waals surface area contributed by atoms with Gasteiger partial charge in [-0.1, -0.05) is 0 Å². The molecule has 8 heteroatoms. The SMILES string of the molecule is C#CC(=O)NCCN(CCNB(C)O)B(C)O. The fourth-order valence-electron chi connectivity index (χ4n) is 1.27. The molecule has 94 valence electrons. The first-order chi connectivity index (χ1) is 7.97. The number of hydrogen-bond donors (Lipinski definition) is 4. The molecule has 0 saturated heterocycles. The molecule has 0 aliphatic rings. The van der Waals surface area contributed by atoms with E-state index in [0.29, 0.717) is 26.2 Å². The normalized spacial score (nSPS) is 9.88. The molecule has 0 heterocycles. The molecule has 0 aromatic heterocycles. The lowest BCUT2D eigenvalue weighted by atomic mass is 9.84. The van der Waals surface area contributed by atoms with E-state index < -0.39 is 20.0 Å². The van der Waals surface area contributed by atoms with Gasteiger partial charge in [-0.3, -0.25) is 4.79 Å².